The summed E-state index contributed by atoms with van der Waals surface area (Å²) in [5.41, 5.74) is 4.04. The number of fused-ring (bicyclic) bond motifs is 1. The molecule has 0 aromatic heterocycles. The summed E-state index contributed by atoms with van der Waals surface area (Å²) in [7, 11) is 1.63. The second-order valence-corrected chi connectivity index (χ2v) is 3.92. The first kappa shape index (κ1) is 10.7. The molecule has 0 aliphatic carbocycles. The maximum Gasteiger partial charge on any atom is 0.449 e. The highest BCUT2D eigenvalue weighted by Gasteiger charge is 2.09. The molecule has 0 spiro atoms. The quantitative estimate of drug-likeness (QED) is 0.498. The van der Waals surface area contributed by atoms with Crippen LogP contribution in [0.25, 0.3) is 0 Å². The van der Waals surface area contributed by atoms with E-state index in [2.05, 4.69) is 17.0 Å². The lowest BCUT2D eigenvalue weighted by atomic mass is 9.83. The van der Waals surface area contributed by atoms with Crippen LogP contribution >= 0.6 is 0 Å². The smallest absolute Gasteiger partial charge is 0.449 e. The van der Waals surface area contributed by atoms with Crippen molar-refractivity contribution in [3.05, 3.63) is 65.2 Å². The Labute approximate surface area is 107 Å². The van der Waals surface area contributed by atoms with E-state index in [1.54, 1.807) is 13.7 Å². The third kappa shape index (κ3) is 2.28. The monoisotopic (exact) mass is 230 g/mol. The third-order valence-corrected chi connectivity index (χ3v) is 2.64. The summed E-state index contributed by atoms with van der Waals surface area (Å²) < 4.78 is 4.87. The number of benzene rings is 2. The molecule has 1 heterocycles. The van der Waals surface area contributed by atoms with Gasteiger partial charge in [-0.15, -0.1) is 5.16 Å². The van der Waals surface area contributed by atoms with E-state index in [1.165, 1.54) is 0 Å². The lowest BCUT2D eigenvalue weighted by Crippen LogP contribution is -2.24. The molecule has 0 saturated heterocycles. The summed E-state index contributed by atoms with van der Waals surface area (Å²) in [6, 6.07) is 15.9. The van der Waals surface area contributed by atoms with Gasteiger partial charge in [-0.2, -0.15) is 0 Å². The van der Waals surface area contributed by atoms with E-state index in [0.717, 1.165) is 22.2 Å². The van der Waals surface area contributed by atoms with Crippen molar-refractivity contribution in [2.75, 3.05) is 0 Å². The normalized spacial score (nSPS) is 11.6. The van der Waals surface area contributed by atoms with Crippen LogP contribution in [0.2, 0.25) is 0 Å². The maximum absolute atomic E-state index is 4.87. The van der Waals surface area contributed by atoms with Gasteiger partial charge in [-0.3, -0.25) is 0 Å². The molecule has 0 amide bonds. The first-order valence-electron chi connectivity index (χ1n) is 5.65. The second-order valence-electron chi connectivity index (χ2n) is 3.92. The molecule has 83 valence electrons. The molecule has 3 rings (SSSR count). The Morgan fingerprint density at radius 3 is 2.67 bits per heavy atom. The molecular weight excluding hydrogens is 221 g/mol. The number of rotatable bonds is 0. The maximum atomic E-state index is 4.87. The zero-order chi connectivity index (χ0) is 12.2. The Hall–Kier alpha value is -2.47. The van der Waals surface area contributed by atoms with E-state index >= 15 is 0 Å². The van der Waals surface area contributed by atoms with Crippen molar-refractivity contribution in [3.63, 3.8) is 0 Å². The van der Waals surface area contributed by atoms with Gasteiger partial charge in [0.05, 0.1) is 6.21 Å². The van der Waals surface area contributed by atoms with Crippen molar-refractivity contribution in [2.45, 2.75) is 0 Å². The van der Waals surface area contributed by atoms with Gasteiger partial charge in [0.2, 0.25) is 0 Å². The average Bonchev–Trinajstić information content (AvgIpc) is 2.46. The van der Waals surface area contributed by atoms with Gasteiger partial charge in [-0.1, -0.05) is 36.1 Å². The molecule has 1 radical (unpaired) electrons. The highest BCUT2D eigenvalue weighted by Crippen LogP contribution is 2.04. The third-order valence-electron chi connectivity index (χ3n) is 2.64. The Balaban J connectivity index is 1.91. The first-order chi connectivity index (χ1) is 8.92. The van der Waals surface area contributed by atoms with Crippen molar-refractivity contribution < 1.29 is 4.76 Å². The minimum absolute atomic E-state index is 0.972. The Kier molecular flexibility index (Phi) is 2.85. The molecule has 2 aromatic rings. The molecule has 1 aliphatic heterocycles. The Morgan fingerprint density at radius 2 is 1.78 bits per heavy atom. The van der Waals surface area contributed by atoms with Crippen LogP contribution in [0.5, 0.6) is 0 Å². The molecule has 2 nitrogen and oxygen atoms in total. The average molecular weight is 230 g/mol. The SMILES string of the molecule is [B]1ON=Cc2cc(C#Cc3ccccc3)ccc21. The molecule has 2 aromatic carbocycles. The fraction of sp³-hybridized carbons (Fsp3) is 0. The van der Waals surface area contributed by atoms with Crippen LogP contribution in [0.15, 0.2) is 53.7 Å². The van der Waals surface area contributed by atoms with Gasteiger partial charge in [0.15, 0.2) is 0 Å². The summed E-state index contributed by atoms with van der Waals surface area (Å²) in [6.07, 6.45) is 1.70. The van der Waals surface area contributed by atoms with Gasteiger partial charge in [0.1, 0.15) is 0 Å². The minimum atomic E-state index is 0.972. The predicted molar refractivity (Wildman–Crippen MR) is 72.9 cm³/mol. The Bertz CT molecular complexity index is 653. The standard InChI is InChI=1S/C15H9BNO/c1-2-4-12(5-3-1)6-7-13-8-9-15-14(10-13)11-17-18-16-15/h1-5,8-11H. The lowest BCUT2D eigenvalue weighted by molar-refractivity contribution is 0.370. The molecule has 0 bridgehead atoms. The number of nitrogens with zero attached hydrogens (tertiary/aromatic N) is 1. The molecule has 0 unspecified atom stereocenters. The second kappa shape index (κ2) is 4.81. The molecule has 0 N–H and O–H groups in total. The van der Waals surface area contributed by atoms with Gasteiger partial charge in [0.25, 0.3) is 0 Å². The predicted octanol–water partition coefficient (Wildman–Crippen LogP) is 1.69. The molecule has 0 fully saturated rings. The van der Waals surface area contributed by atoms with Crippen molar-refractivity contribution in [3.8, 4) is 11.8 Å². The van der Waals surface area contributed by atoms with E-state index in [9.17, 15) is 0 Å². The van der Waals surface area contributed by atoms with Crippen molar-refractivity contribution in [2.24, 2.45) is 5.16 Å². The van der Waals surface area contributed by atoms with Gasteiger partial charge >= 0.3 is 7.48 Å². The van der Waals surface area contributed by atoms with Gasteiger partial charge in [-0.25, -0.2) is 0 Å². The van der Waals surface area contributed by atoms with Crippen molar-refractivity contribution in [1.29, 1.82) is 0 Å². The van der Waals surface area contributed by atoms with E-state index in [1.807, 2.05) is 48.5 Å². The summed E-state index contributed by atoms with van der Waals surface area (Å²) in [6.45, 7) is 0. The van der Waals surface area contributed by atoms with E-state index < -0.39 is 0 Å². The Morgan fingerprint density at radius 1 is 0.944 bits per heavy atom. The van der Waals surface area contributed by atoms with Crippen LogP contribution in [-0.2, 0) is 4.76 Å². The largest absolute Gasteiger partial charge is 0.468 e. The number of hydrogen-bond donors (Lipinski definition) is 0. The lowest BCUT2D eigenvalue weighted by Gasteiger charge is -2.07. The first-order valence-corrected chi connectivity index (χ1v) is 5.65. The summed E-state index contributed by atoms with van der Waals surface area (Å²) in [5.74, 6) is 6.28. The molecule has 0 atom stereocenters. The van der Waals surface area contributed by atoms with Crippen LogP contribution in [-0.4, -0.2) is 13.7 Å². The molecule has 0 saturated carbocycles. The van der Waals surface area contributed by atoms with Crippen molar-refractivity contribution in [1.82, 2.24) is 0 Å². The summed E-state index contributed by atoms with van der Waals surface area (Å²) in [5, 5.41) is 3.75. The van der Waals surface area contributed by atoms with Crippen LogP contribution in [0.4, 0.5) is 0 Å². The topological polar surface area (TPSA) is 21.6 Å². The summed E-state index contributed by atoms with van der Waals surface area (Å²) in [4.78, 5) is 0. The van der Waals surface area contributed by atoms with E-state index in [4.69, 9.17) is 4.76 Å². The van der Waals surface area contributed by atoms with E-state index in [-0.39, 0.29) is 0 Å². The van der Waals surface area contributed by atoms with Crippen LogP contribution < -0.4 is 5.46 Å². The van der Waals surface area contributed by atoms with Gasteiger partial charge in [-0.05, 0) is 35.3 Å². The fourth-order valence-corrected chi connectivity index (χ4v) is 1.71. The van der Waals surface area contributed by atoms with Crippen LogP contribution in [0.1, 0.15) is 16.7 Å². The highest BCUT2D eigenvalue weighted by molar-refractivity contribution is 6.49. The van der Waals surface area contributed by atoms with Crippen molar-refractivity contribution >= 4 is 19.2 Å². The highest BCUT2D eigenvalue weighted by atomic mass is 16.6. The van der Waals surface area contributed by atoms with Gasteiger partial charge in [0, 0.05) is 11.1 Å². The van der Waals surface area contributed by atoms with Crippen LogP contribution in [0, 0.1) is 11.8 Å². The molecule has 18 heavy (non-hydrogen) atoms. The van der Waals surface area contributed by atoms with Crippen LogP contribution in [0.3, 0.4) is 0 Å². The van der Waals surface area contributed by atoms with E-state index in [0.29, 0.717) is 0 Å². The zero-order valence-electron chi connectivity index (χ0n) is 9.63. The van der Waals surface area contributed by atoms with Gasteiger partial charge < -0.3 is 4.76 Å². The molecule has 3 heteroatoms. The summed E-state index contributed by atoms with van der Waals surface area (Å²) >= 11 is 0. The molecular formula is C15H9BNO. The minimum Gasteiger partial charge on any atom is -0.468 e. The number of oxime groups is 1. The zero-order valence-corrected chi connectivity index (χ0v) is 9.63. The molecule has 1 aliphatic rings. The number of hydrogen-bond acceptors (Lipinski definition) is 2. The fourth-order valence-electron chi connectivity index (χ4n) is 1.71.